The molecule has 1 aromatic carbocycles. The van der Waals surface area contributed by atoms with Gasteiger partial charge in [0.05, 0.1) is 5.75 Å². The van der Waals surface area contributed by atoms with Crippen LogP contribution in [0.2, 0.25) is 5.02 Å². The van der Waals surface area contributed by atoms with E-state index in [4.69, 9.17) is 21.1 Å². The Morgan fingerprint density at radius 2 is 1.89 bits per heavy atom. The van der Waals surface area contributed by atoms with Crippen molar-refractivity contribution in [3.8, 4) is 11.4 Å². The molecule has 190 valence electrons. The molecular weight excluding hydrogens is 500 g/mol. The zero-order chi connectivity index (χ0) is 25.7. The topological polar surface area (TPSA) is 109 Å². The summed E-state index contributed by atoms with van der Waals surface area (Å²) >= 11 is 7.41. The van der Waals surface area contributed by atoms with E-state index in [9.17, 15) is 9.59 Å². The molecule has 0 radical (unpaired) electrons. The maximum atomic E-state index is 13.2. The maximum Gasteiger partial charge on any atom is 0.332 e. The lowest BCUT2D eigenvalue weighted by atomic mass is 10.1. The first-order valence-corrected chi connectivity index (χ1v) is 13.5. The fourth-order valence-corrected chi connectivity index (χ4v) is 4.98. The molecule has 0 aliphatic rings. The molecule has 0 N–H and O–H groups in total. The lowest BCUT2D eigenvalue weighted by Crippen LogP contribution is -2.39. The standard InChI is InChI=1S/C25H29ClN6O3S/c1-4-6-7-8-12-18-27-22-20(24(33)31(3)25(34)32(22)13-5-2)23(28-18)36-15-19-29-21(30-35-19)16-10-9-11-17(26)14-16/h9-11,14H,4-8,12-13,15H2,1-3H3. The Hall–Kier alpha value is -2.98. The van der Waals surface area contributed by atoms with Crippen molar-refractivity contribution in [3.63, 3.8) is 0 Å². The number of halogens is 1. The monoisotopic (exact) mass is 528 g/mol. The number of rotatable bonds is 11. The minimum absolute atomic E-state index is 0.311. The normalized spacial score (nSPS) is 11.4. The highest BCUT2D eigenvalue weighted by atomic mass is 35.5. The molecule has 0 aliphatic heterocycles. The average Bonchev–Trinajstić information content (AvgIpc) is 3.35. The van der Waals surface area contributed by atoms with Crippen LogP contribution in [0.3, 0.4) is 0 Å². The molecule has 0 unspecified atom stereocenters. The third-order valence-corrected chi connectivity index (χ3v) is 6.97. The average molecular weight is 529 g/mol. The zero-order valence-electron chi connectivity index (χ0n) is 20.7. The van der Waals surface area contributed by atoms with Crippen molar-refractivity contribution in [2.24, 2.45) is 7.05 Å². The van der Waals surface area contributed by atoms with Gasteiger partial charge in [0.25, 0.3) is 5.56 Å². The number of hydrogen-bond donors (Lipinski definition) is 0. The molecule has 0 fully saturated rings. The van der Waals surface area contributed by atoms with Gasteiger partial charge in [-0.05, 0) is 25.0 Å². The highest BCUT2D eigenvalue weighted by Gasteiger charge is 2.20. The first kappa shape index (κ1) is 26.1. The van der Waals surface area contributed by atoms with Crippen molar-refractivity contribution in [1.29, 1.82) is 0 Å². The molecule has 4 aromatic rings. The van der Waals surface area contributed by atoms with E-state index in [1.54, 1.807) is 16.7 Å². The number of unbranched alkanes of at least 4 members (excludes halogenated alkanes) is 3. The largest absolute Gasteiger partial charge is 0.338 e. The van der Waals surface area contributed by atoms with Crippen LogP contribution < -0.4 is 11.2 Å². The predicted molar refractivity (Wildman–Crippen MR) is 141 cm³/mol. The van der Waals surface area contributed by atoms with E-state index >= 15 is 0 Å². The number of aromatic nitrogens is 6. The van der Waals surface area contributed by atoms with Crippen molar-refractivity contribution in [3.05, 3.63) is 61.8 Å². The van der Waals surface area contributed by atoms with Crippen molar-refractivity contribution in [2.45, 2.75) is 69.7 Å². The Labute approximate surface area is 217 Å². The summed E-state index contributed by atoms with van der Waals surface area (Å²) < 4.78 is 8.14. The first-order chi connectivity index (χ1) is 17.4. The molecule has 0 saturated carbocycles. The number of nitrogens with zero attached hydrogens (tertiary/aromatic N) is 6. The van der Waals surface area contributed by atoms with Gasteiger partial charge in [0.1, 0.15) is 16.2 Å². The lowest BCUT2D eigenvalue weighted by Gasteiger charge is -2.13. The Kier molecular flexibility index (Phi) is 8.58. The Balaban J connectivity index is 1.71. The summed E-state index contributed by atoms with van der Waals surface area (Å²) in [6.45, 7) is 4.61. The van der Waals surface area contributed by atoms with E-state index in [0.717, 1.165) is 42.2 Å². The second-order valence-electron chi connectivity index (χ2n) is 8.56. The van der Waals surface area contributed by atoms with E-state index in [1.165, 1.54) is 18.8 Å². The SMILES string of the molecule is CCCCCCc1nc(SCc2nc(-c3cccc(Cl)c3)no2)c2c(=O)n(C)c(=O)n(CCC)c2n1. The fourth-order valence-electron chi connectivity index (χ4n) is 3.92. The van der Waals surface area contributed by atoms with Gasteiger partial charge in [0.15, 0.2) is 5.65 Å². The van der Waals surface area contributed by atoms with Gasteiger partial charge in [-0.3, -0.25) is 13.9 Å². The number of hydrogen-bond acceptors (Lipinski definition) is 8. The van der Waals surface area contributed by atoms with Gasteiger partial charge in [0.2, 0.25) is 11.7 Å². The van der Waals surface area contributed by atoms with Crippen LogP contribution in [0, 0.1) is 0 Å². The number of thioether (sulfide) groups is 1. The van der Waals surface area contributed by atoms with Crippen molar-refractivity contribution in [2.75, 3.05) is 0 Å². The predicted octanol–water partition coefficient (Wildman–Crippen LogP) is 5.02. The molecule has 9 nitrogen and oxygen atoms in total. The zero-order valence-corrected chi connectivity index (χ0v) is 22.2. The summed E-state index contributed by atoms with van der Waals surface area (Å²) in [5.41, 5.74) is 0.358. The van der Waals surface area contributed by atoms with Crippen LogP contribution in [0.25, 0.3) is 22.4 Å². The second-order valence-corrected chi connectivity index (χ2v) is 9.96. The van der Waals surface area contributed by atoms with Crippen molar-refractivity contribution >= 4 is 34.4 Å². The van der Waals surface area contributed by atoms with Crippen LogP contribution in [-0.2, 0) is 25.8 Å². The second kappa shape index (κ2) is 11.8. The quantitative estimate of drug-likeness (QED) is 0.152. The van der Waals surface area contributed by atoms with Crippen LogP contribution in [0.5, 0.6) is 0 Å². The van der Waals surface area contributed by atoms with Gasteiger partial charge in [-0.15, -0.1) is 0 Å². The summed E-state index contributed by atoms with van der Waals surface area (Å²) in [6.07, 6.45) is 5.71. The van der Waals surface area contributed by atoms with Gasteiger partial charge < -0.3 is 4.52 Å². The third kappa shape index (κ3) is 5.70. The molecule has 0 aliphatic carbocycles. The molecule has 0 spiro atoms. The maximum absolute atomic E-state index is 13.2. The Bertz CT molecular complexity index is 1480. The molecule has 36 heavy (non-hydrogen) atoms. The van der Waals surface area contributed by atoms with Gasteiger partial charge in [0, 0.05) is 30.6 Å². The molecule has 0 amide bonds. The van der Waals surface area contributed by atoms with Gasteiger partial charge in [-0.1, -0.05) is 73.8 Å². The van der Waals surface area contributed by atoms with Gasteiger partial charge in [-0.25, -0.2) is 14.8 Å². The number of benzene rings is 1. The molecular formula is C25H29ClN6O3S. The minimum atomic E-state index is -0.410. The fraction of sp³-hybridized carbons (Fsp3) is 0.440. The molecule has 11 heteroatoms. The molecule has 0 bridgehead atoms. The summed E-state index contributed by atoms with van der Waals surface area (Å²) in [4.78, 5) is 39.9. The van der Waals surface area contributed by atoms with E-state index in [1.807, 2.05) is 19.1 Å². The Morgan fingerprint density at radius 3 is 2.64 bits per heavy atom. The van der Waals surface area contributed by atoms with Crippen LogP contribution in [-0.4, -0.2) is 29.2 Å². The van der Waals surface area contributed by atoms with E-state index in [0.29, 0.717) is 57.3 Å². The van der Waals surface area contributed by atoms with Crippen LogP contribution in [0.1, 0.15) is 57.7 Å². The molecule has 0 saturated heterocycles. The van der Waals surface area contributed by atoms with Gasteiger partial charge in [-0.2, -0.15) is 4.98 Å². The molecule has 3 heterocycles. The highest BCUT2D eigenvalue weighted by Crippen LogP contribution is 2.27. The molecule has 0 atom stereocenters. The van der Waals surface area contributed by atoms with Crippen LogP contribution in [0.4, 0.5) is 0 Å². The van der Waals surface area contributed by atoms with Crippen molar-refractivity contribution in [1.82, 2.24) is 29.2 Å². The Morgan fingerprint density at radius 1 is 1.06 bits per heavy atom. The summed E-state index contributed by atoms with van der Waals surface area (Å²) in [6, 6.07) is 7.22. The van der Waals surface area contributed by atoms with Crippen LogP contribution >= 0.6 is 23.4 Å². The first-order valence-electron chi connectivity index (χ1n) is 12.1. The van der Waals surface area contributed by atoms with Gasteiger partial charge >= 0.3 is 5.69 Å². The third-order valence-electron chi connectivity index (χ3n) is 5.78. The summed E-state index contributed by atoms with van der Waals surface area (Å²) in [5, 5.41) is 5.49. The van der Waals surface area contributed by atoms with E-state index in [2.05, 4.69) is 22.0 Å². The lowest BCUT2D eigenvalue weighted by molar-refractivity contribution is 0.391. The molecule has 4 rings (SSSR count). The minimum Gasteiger partial charge on any atom is -0.338 e. The highest BCUT2D eigenvalue weighted by molar-refractivity contribution is 7.98. The van der Waals surface area contributed by atoms with Crippen molar-refractivity contribution < 1.29 is 4.52 Å². The summed E-state index contributed by atoms with van der Waals surface area (Å²) in [7, 11) is 1.48. The van der Waals surface area contributed by atoms with E-state index in [-0.39, 0.29) is 5.69 Å². The van der Waals surface area contributed by atoms with Crippen LogP contribution in [0.15, 0.2) is 43.4 Å². The smallest absolute Gasteiger partial charge is 0.332 e. The summed E-state index contributed by atoms with van der Waals surface area (Å²) in [5.74, 6) is 1.77. The molecule has 3 aromatic heterocycles. The number of aryl methyl sites for hydroxylation is 2. The van der Waals surface area contributed by atoms with E-state index < -0.39 is 5.56 Å². The number of fused-ring (bicyclic) bond motifs is 1.